The summed E-state index contributed by atoms with van der Waals surface area (Å²) in [6, 6.07) is 28.5. The maximum atomic E-state index is 6.18. The predicted molar refractivity (Wildman–Crippen MR) is 112 cm³/mol. The fraction of sp³-hybridized carbons (Fsp3) is 0.0500. The third kappa shape index (κ3) is 3.64. The fourth-order valence-electron chi connectivity index (χ4n) is 2.54. The van der Waals surface area contributed by atoms with Gasteiger partial charge in [-0.15, -0.1) is 0 Å². The Morgan fingerprint density at radius 3 is 1.58 bits per heavy atom. The Balaban J connectivity index is 1.93. The minimum Gasteiger partial charge on any atom is -0.371 e. The van der Waals surface area contributed by atoms with E-state index in [0.717, 1.165) is 15.3 Å². The molecule has 0 saturated heterocycles. The van der Waals surface area contributed by atoms with Crippen LogP contribution in [-0.2, 0) is 18.4 Å². The maximum absolute atomic E-state index is 6.18. The average molecular weight is 367 g/mol. The van der Waals surface area contributed by atoms with Gasteiger partial charge in [0.2, 0.25) is 0 Å². The van der Waals surface area contributed by atoms with Gasteiger partial charge in [-0.25, -0.2) is 0 Å². The highest BCUT2D eigenvalue weighted by Crippen LogP contribution is 2.44. The number of thiocarbonyl (C=S) groups is 1. The highest BCUT2D eigenvalue weighted by atomic mass is 32.4. The molecule has 0 bridgehead atoms. The molecular weight excluding hydrogens is 349 g/mol. The standard InChI is InChI=1S/C20H18NPS2/c23-20(21-16-17-10-4-1-5-11-17)22(24,18-12-6-2-7-13-18)19-14-8-3-9-15-19/h1-15H,16H2,(H,21,23). The normalized spacial score (nSPS) is 11.0. The van der Waals surface area contributed by atoms with Crippen LogP contribution in [0.4, 0.5) is 0 Å². The van der Waals surface area contributed by atoms with Crippen LogP contribution in [0.3, 0.4) is 0 Å². The molecule has 24 heavy (non-hydrogen) atoms. The molecule has 0 atom stereocenters. The summed E-state index contributed by atoms with van der Waals surface area (Å²) in [6.45, 7) is 0.692. The van der Waals surface area contributed by atoms with E-state index in [1.54, 1.807) is 0 Å². The van der Waals surface area contributed by atoms with Crippen LogP contribution in [0.25, 0.3) is 0 Å². The summed E-state index contributed by atoms with van der Waals surface area (Å²) >= 11 is 12.0. The summed E-state index contributed by atoms with van der Waals surface area (Å²) < 4.78 is 0.763. The summed E-state index contributed by atoms with van der Waals surface area (Å²) in [5.74, 6) is 0. The molecule has 3 aromatic carbocycles. The first kappa shape index (κ1) is 17.0. The van der Waals surface area contributed by atoms with E-state index < -0.39 is 6.04 Å². The van der Waals surface area contributed by atoms with Gasteiger partial charge < -0.3 is 5.32 Å². The van der Waals surface area contributed by atoms with Crippen molar-refractivity contribution in [3.63, 3.8) is 0 Å². The molecule has 0 heterocycles. The van der Waals surface area contributed by atoms with Crippen molar-refractivity contribution in [2.24, 2.45) is 0 Å². The highest BCUT2D eigenvalue weighted by molar-refractivity contribution is 8.34. The summed E-state index contributed by atoms with van der Waals surface area (Å²) in [5, 5.41) is 5.66. The lowest BCUT2D eigenvalue weighted by Gasteiger charge is -2.25. The molecule has 0 aliphatic heterocycles. The highest BCUT2D eigenvalue weighted by Gasteiger charge is 2.27. The van der Waals surface area contributed by atoms with Gasteiger partial charge in [0, 0.05) is 6.54 Å². The first-order valence-electron chi connectivity index (χ1n) is 7.75. The lowest BCUT2D eigenvalue weighted by molar-refractivity contribution is 0.939. The van der Waals surface area contributed by atoms with Crippen LogP contribution in [0.1, 0.15) is 5.56 Å². The van der Waals surface area contributed by atoms with E-state index in [-0.39, 0.29) is 0 Å². The maximum Gasteiger partial charge on any atom is 0.117 e. The van der Waals surface area contributed by atoms with Crippen molar-refractivity contribution in [2.45, 2.75) is 6.54 Å². The molecule has 0 amide bonds. The van der Waals surface area contributed by atoms with E-state index in [0.29, 0.717) is 6.54 Å². The third-order valence-corrected chi connectivity index (χ3v) is 9.72. The van der Waals surface area contributed by atoms with Crippen LogP contribution in [0.5, 0.6) is 0 Å². The van der Waals surface area contributed by atoms with Gasteiger partial charge in [0.25, 0.3) is 0 Å². The molecule has 0 radical (unpaired) electrons. The molecule has 4 heteroatoms. The number of benzene rings is 3. The molecule has 0 saturated carbocycles. The zero-order valence-corrected chi connectivity index (χ0v) is 15.7. The second kappa shape index (κ2) is 7.85. The van der Waals surface area contributed by atoms with Gasteiger partial charge in [0.1, 0.15) is 4.73 Å². The Kier molecular flexibility index (Phi) is 5.57. The second-order valence-electron chi connectivity index (χ2n) is 5.42. The molecule has 1 N–H and O–H groups in total. The Hall–Kier alpha value is -1.80. The fourth-order valence-corrected chi connectivity index (χ4v) is 6.43. The number of hydrogen-bond donors (Lipinski definition) is 1. The summed E-state index contributed by atoms with van der Waals surface area (Å²) in [6.07, 6.45) is 0. The molecule has 3 rings (SSSR count). The van der Waals surface area contributed by atoms with Crippen molar-refractivity contribution in [2.75, 3.05) is 0 Å². The molecule has 3 aromatic rings. The molecular formula is C20H18NPS2. The number of hydrogen-bond acceptors (Lipinski definition) is 2. The van der Waals surface area contributed by atoms with Crippen LogP contribution in [0, 0.1) is 0 Å². The molecule has 0 fully saturated rings. The Morgan fingerprint density at radius 1 is 0.708 bits per heavy atom. The zero-order chi connectivity index (χ0) is 16.8. The van der Waals surface area contributed by atoms with Crippen LogP contribution >= 0.6 is 18.3 Å². The van der Waals surface area contributed by atoms with Crippen molar-refractivity contribution < 1.29 is 0 Å². The monoisotopic (exact) mass is 367 g/mol. The lowest BCUT2D eigenvalue weighted by atomic mass is 10.2. The van der Waals surface area contributed by atoms with Crippen LogP contribution in [0.2, 0.25) is 0 Å². The predicted octanol–water partition coefficient (Wildman–Crippen LogP) is 4.19. The van der Waals surface area contributed by atoms with E-state index in [9.17, 15) is 0 Å². The van der Waals surface area contributed by atoms with E-state index in [1.165, 1.54) is 5.56 Å². The molecule has 0 aliphatic carbocycles. The van der Waals surface area contributed by atoms with Crippen LogP contribution in [-0.4, -0.2) is 4.73 Å². The van der Waals surface area contributed by atoms with Gasteiger partial charge in [-0.05, 0) is 16.2 Å². The number of nitrogens with one attached hydrogen (secondary N) is 1. The van der Waals surface area contributed by atoms with Crippen molar-refractivity contribution in [1.82, 2.24) is 5.32 Å². The van der Waals surface area contributed by atoms with Crippen molar-refractivity contribution in [3.05, 3.63) is 96.6 Å². The zero-order valence-electron chi connectivity index (χ0n) is 13.1. The van der Waals surface area contributed by atoms with E-state index >= 15 is 0 Å². The van der Waals surface area contributed by atoms with Gasteiger partial charge in [0.05, 0.1) is 6.04 Å². The minimum atomic E-state index is -2.20. The minimum absolute atomic E-state index is 0.692. The topological polar surface area (TPSA) is 12.0 Å². The van der Waals surface area contributed by atoms with Gasteiger partial charge in [-0.2, -0.15) is 0 Å². The van der Waals surface area contributed by atoms with Gasteiger partial charge in [-0.1, -0.05) is 115 Å². The Bertz CT molecular complexity index is 805. The van der Waals surface area contributed by atoms with Crippen LogP contribution < -0.4 is 15.9 Å². The van der Waals surface area contributed by atoms with Gasteiger partial charge >= 0.3 is 0 Å². The smallest absolute Gasteiger partial charge is 0.117 e. The summed E-state index contributed by atoms with van der Waals surface area (Å²) in [5.41, 5.74) is 1.20. The first-order valence-corrected chi connectivity index (χ1v) is 11.0. The van der Waals surface area contributed by atoms with Gasteiger partial charge in [0.15, 0.2) is 0 Å². The summed E-state index contributed by atoms with van der Waals surface area (Å²) in [7, 11) is 0. The molecule has 0 unspecified atom stereocenters. The summed E-state index contributed by atoms with van der Waals surface area (Å²) in [4.78, 5) is 0. The number of rotatable bonds is 5. The largest absolute Gasteiger partial charge is 0.371 e. The third-order valence-electron chi connectivity index (χ3n) is 3.81. The molecule has 0 aromatic heterocycles. The van der Waals surface area contributed by atoms with Crippen LogP contribution in [0.15, 0.2) is 91.0 Å². The van der Waals surface area contributed by atoms with Gasteiger partial charge in [-0.3, -0.25) is 0 Å². The van der Waals surface area contributed by atoms with E-state index in [4.69, 9.17) is 24.0 Å². The second-order valence-corrected chi connectivity index (χ2v) is 10.5. The SMILES string of the molecule is S=C(NCc1ccccc1)P(=S)(c1ccccc1)c1ccccc1. The van der Waals surface area contributed by atoms with Crippen molar-refractivity contribution >= 4 is 45.4 Å². The lowest BCUT2D eigenvalue weighted by Crippen LogP contribution is -2.30. The van der Waals surface area contributed by atoms with Crippen molar-refractivity contribution in [3.8, 4) is 0 Å². The average Bonchev–Trinajstić information content (AvgIpc) is 2.67. The molecule has 1 nitrogen and oxygen atoms in total. The quantitative estimate of drug-likeness (QED) is 0.536. The molecule has 120 valence electrons. The molecule has 0 spiro atoms. The Morgan fingerprint density at radius 2 is 1.12 bits per heavy atom. The Labute approximate surface area is 153 Å². The van der Waals surface area contributed by atoms with Crippen molar-refractivity contribution in [1.29, 1.82) is 0 Å². The molecule has 0 aliphatic rings. The van der Waals surface area contributed by atoms with E-state index in [1.807, 2.05) is 54.6 Å². The van der Waals surface area contributed by atoms with E-state index in [2.05, 4.69) is 41.7 Å². The first-order chi connectivity index (χ1) is 11.7.